The molecule has 9 heteroatoms. The number of rotatable bonds is 4. The Labute approximate surface area is 162 Å². The van der Waals surface area contributed by atoms with Gasteiger partial charge in [-0.1, -0.05) is 30.3 Å². The van der Waals surface area contributed by atoms with Crippen LogP contribution in [0.2, 0.25) is 0 Å². The number of hydrogen-bond acceptors (Lipinski definition) is 6. The Morgan fingerprint density at radius 3 is 2.54 bits per heavy atom. The van der Waals surface area contributed by atoms with E-state index in [0.717, 1.165) is 28.6 Å². The third-order valence-corrected chi connectivity index (χ3v) is 6.26. The molecule has 0 bridgehead atoms. The highest BCUT2D eigenvalue weighted by atomic mass is 32.2. The smallest absolute Gasteiger partial charge is 0.269 e. The molecule has 1 N–H and O–H groups in total. The molecule has 0 saturated heterocycles. The van der Waals surface area contributed by atoms with Gasteiger partial charge >= 0.3 is 0 Å². The molecule has 28 heavy (non-hydrogen) atoms. The Morgan fingerprint density at radius 2 is 1.89 bits per heavy atom. The third kappa shape index (κ3) is 2.93. The molecule has 2 aromatic rings. The van der Waals surface area contributed by atoms with Crippen molar-refractivity contribution in [2.45, 2.75) is 12.1 Å². The molecule has 0 amide bonds. The fourth-order valence-corrected chi connectivity index (χ4v) is 4.16. The minimum atomic E-state index is -3.52. The van der Waals surface area contributed by atoms with E-state index in [1.54, 1.807) is 12.3 Å². The SMILES string of the molecule is CN(C1=C(c2ccccc2)C2c3cc([N+](=O)[O-])ccc3NC2N=C1)S(C)(=O)=O. The molecule has 144 valence electrons. The number of aliphatic imine (C=N–C) groups is 1. The zero-order chi connectivity index (χ0) is 20.1. The summed E-state index contributed by atoms with van der Waals surface area (Å²) in [6.07, 6.45) is 2.33. The number of sulfonamides is 1. The Kier molecular flexibility index (Phi) is 4.19. The number of nitrogens with zero attached hydrogens (tertiary/aromatic N) is 3. The minimum Gasteiger partial charge on any atom is -0.363 e. The molecule has 2 atom stereocenters. The molecule has 2 aliphatic heterocycles. The molecule has 8 nitrogen and oxygen atoms in total. The standard InChI is InChI=1S/C19H18N4O4S/c1-22(28(2,26)27)16-11-20-19-18(17(16)12-6-4-3-5-7-12)14-10-13(23(24)25)8-9-15(14)21-19/h3-11,18-19,21H,1-2H3. The fourth-order valence-electron chi connectivity index (χ4n) is 3.66. The molecule has 2 unspecified atom stereocenters. The highest BCUT2D eigenvalue weighted by molar-refractivity contribution is 7.88. The molecule has 0 fully saturated rings. The van der Waals surface area contributed by atoms with Crippen LogP contribution in [0.25, 0.3) is 5.57 Å². The van der Waals surface area contributed by atoms with Crippen LogP contribution in [0, 0.1) is 10.1 Å². The summed E-state index contributed by atoms with van der Waals surface area (Å²) in [7, 11) is -2.03. The second-order valence-corrected chi connectivity index (χ2v) is 8.78. The number of fused-ring (bicyclic) bond motifs is 3. The van der Waals surface area contributed by atoms with E-state index in [1.807, 2.05) is 30.3 Å². The number of benzene rings is 2. The second kappa shape index (κ2) is 6.45. The predicted octanol–water partition coefficient (Wildman–Crippen LogP) is 2.82. The summed E-state index contributed by atoms with van der Waals surface area (Å²) in [4.78, 5) is 15.3. The number of allylic oxidation sites excluding steroid dienone is 1. The quantitative estimate of drug-likeness (QED) is 0.630. The maximum absolute atomic E-state index is 12.2. The number of nitro groups is 1. The van der Waals surface area contributed by atoms with Crippen LogP contribution in [0.4, 0.5) is 11.4 Å². The van der Waals surface area contributed by atoms with Gasteiger partial charge in [0.1, 0.15) is 6.17 Å². The van der Waals surface area contributed by atoms with Crippen LogP contribution >= 0.6 is 0 Å². The van der Waals surface area contributed by atoms with Gasteiger partial charge in [-0.15, -0.1) is 0 Å². The van der Waals surface area contributed by atoms with Crippen molar-refractivity contribution in [1.29, 1.82) is 0 Å². The van der Waals surface area contributed by atoms with Gasteiger partial charge in [-0.3, -0.25) is 19.4 Å². The molecule has 0 saturated carbocycles. The molecule has 2 aliphatic rings. The number of nitrogens with one attached hydrogen (secondary N) is 1. The summed E-state index contributed by atoms with van der Waals surface area (Å²) in [6, 6.07) is 14.1. The lowest BCUT2D eigenvalue weighted by molar-refractivity contribution is -0.384. The van der Waals surface area contributed by atoms with E-state index in [2.05, 4.69) is 10.3 Å². The Hall–Kier alpha value is -3.20. The number of anilines is 1. The van der Waals surface area contributed by atoms with E-state index in [4.69, 9.17) is 0 Å². The first-order valence-electron chi connectivity index (χ1n) is 8.59. The summed E-state index contributed by atoms with van der Waals surface area (Å²) in [5.74, 6) is -0.346. The van der Waals surface area contributed by atoms with Crippen LogP contribution in [0.3, 0.4) is 0 Å². The predicted molar refractivity (Wildman–Crippen MR) is 108 cm³/mol. The Balaban J connectivity index is 1.97. The first-order chi connectivity index (χ1) is 13.3. The number of dihydropyridines is 1. The molecule has 0 spiro atoms. The van der Waals surface area contributed by atoms with Crippen LogP contribution in [0.5, 0.6) is 0 Å². The molecule has 2 aromatic carbocycles. The summed E-state index contributed by atoms with van der Waals surface area (Å²) in [5.41, 5.74) is 3.54. The molecular weight excluding hydrogens is 380 g/mol. The lowest BCUT2D eigenvalue weighted by atomic mass is 9.83. The topological polar surface area (TPSA) is 105 Å². The van der Waals surface area contributed by atoms with E-state index in [9.17, 15) is 18.5 Å². The summed E-state index contributed by atoms with van der Waals surface area (Å²) < 4.78 is 25.6. The van der Waals surface area contributed by atoms with Crippen molar-refractivity contribution in [2.75, 3.05) is 18.6 Å². The van der Waals surface area contributed by atoms with E-state index in [0.29, 0.717) is 5.70 Å². The van der Waals surface area contributed by atoms with Crippen LogP contribution < -0.4 is 5.32 Å². The van der Waals surface area contributed by atoms with Gasteiger partial charge in [0, 0.05) is 31.1 Å². The van der Waals surface area contributed by atoms with Crippen LogP contribution in [0.1, 0.15) is 17.0 Å². The molecule has 0 radical (unpaired) electrons. The van der Waals surface area contributed by atoms with Crippen molar-refractivity contribution < 1.29 is 13.3 Å². The number of hydrogen-bond donors (Lipinski definition) is 1. The maximum atomic E-state index is 12.2. The van der Waals surface area contributed by atoms with E-state index < -0.39 is 14.9 Å². The first-order valence-corrected chi connectivity index (χ1v) is 10.4. The Bertz CT molecular complexity index is 1130. The fraction of sp³-hybridized carbons (Fsp3) is 0.211. The van der Waals surface area contributed by atoms with E-state index >= 15 is 0 Å². The van der Waals surface area contributed by atoms with Crippen LogP contribution in [-0.2, 0) is 10.0 Å². The van der Waals surface area contributed by atoms with Crippen molar-refractivity contribution in [2.24, 2.45) is 4.99 Å². The first kappa shape index (κ1) is 18.2. The van der Waals surface area contributed by atoms with E-state index in [-0.39, 0.29) is 17.8 Å². The van der Waals surface area contributed by atoms with Crippen molar-refractivity contribution >= 4 is 33.2 Å². The minimum absolute atomic E-state index is 0.0128. The highest BCUT2D eigenvalue weighted by Gasteiger charge is 2.40. The summed E-state index contributed by atoms with van der Waals surface area (Å²) >= 11 is 0. The summed E-state index contributed by atoms with van der Waals surface area (Å²) in [5, 5.41) is 14.6. The highest BCUT2D eigenvalue weighted by Crippen LogP contribution is 2.48. The van der Waals surface area contributed by atoms with Gasteiger partial charge in [0.25, 0.3) is 5.69 Å². The largest absolute Gasteiger partial charge is 0.363 e. The van der Waals surface area contributed by atoms with Crippen molar-refractivity contribution in [1.82, 2.24) is 4.31 Å². The second-order valence-electron chi connectivity index (χ2n) is 6.77. The Morgan fingerprint density at radius 1 is 1.18 bits per heavy atom. The molecule has 4 rings (SSSR count). The van der Waals surface area contributed by atoms with E-state index in [1.165, 1.54) is 23.5 Å². The molecule has 0 aliphatic carbocycles. The van der Waals surface area contributed by atoms with Crippen molar-refractivity contribution in [3.63, 3.8) is 0 Å². The maximum Gasteiger partial charge on any atom is 0.269 e. The van der Waals surface area contributed by atoms with Crippen molar-refractivity contribution in [3.8, 4) is 0 Å². The lowest BCUT2D eigenvalue weighted by Crippen LogP contribution is -2.32. The van der Waals surface area contributed by atoms with Gasteiger partial charge in [-0.05, 0) is 22.8 Å². The van der Waals surface area contributed by atoms with Crippen LogP contribution in [0.15, 0.2) is 59.2 Å². The van der Waals surface area contributed by atoms with Crippen molar-refractivity contribution in [3.05, 3.63) is 75.5 Å². The molecule has 2 heterocycles. The molecular formula is C19H18N4O4S. The zero-order valence-electron chi connectivity index (χ0n) is 15.2. The summed E-state index contributed by atoms with van der Waals surface area (Å²) in [6.45, 7) is 0. The zero-order valence-corrected chi connectivity index (χ0v) is 16.1. The van der Waals surface area contributed by atoms with Gasteiger partial charge in [-0.25, -0.2) is 8.42 Å². The molecule has 0 aromatic heterocycles. The van der Waals surface area contributed by atoms with Gasteiger partial charge in [0.2, 0.25) is 10.0 Å². The van der Waals surface area contributed by atoms with Gasteiger partial charge in [-0.2, -0.15) is 0 Å². The third-order valence-electron chi connectivity index (χ3n) is 5.07. The van der Waals surface area contributed by atoms with Crippen LogP contribution in [-0.4, -0.2) is 43.3 Å². The van der Waals surface area contributed by atoms with Gasteiger partial charge in [0.15, 0.2) is 0 Å². The lowest BCUT2D eigenvalue weighted by Gasteiger charge is -2.30. The van der Waals surface area contributed by atoms with Gasteiger partial charge in [0.05, 0.1) is 22.8 Å². The monoisotopic (exact) mass is 398 g/mol. The number of non-ortho nitro benzene ring substituents is 1. The normalized spacial score (nSPS) is 20.4. The van der Waals surface area contributed by atoms with Gasteiger partial charge < -0.3 is 5.32 Å². The number of nitro benzene ring substituents is 1. The average Bonchev–Trinajstić information content (AvgIpc) is 3.04. The average molecular weight is 398 g/mol.